The molecule has 8 rings (SSSR count). The lowest BCUT2D eigenvalue weighted by Crippen LogP contribution is -2.13. The lowest BCUT2D eigenvalue weighted by Gasteiger charge is -2.12. The summed E-state index contributed by atoms with van der Waals surface area (Å²) in [4.78, 5) is 41.7. The Morgan fingerprint density at radius 2 is 1.13 bits per heavy atom. The van der Waals surface area contributed by atoms with Crippen LogP contribution in [0.4, 0.5) is 23.0 Å². The van der Waals surface area contributed by atoms with Gasteiger partial charge in [-0.15, -0.1) is 0 Å². The van der Waals surface area contributed by atoms with Crippen LogP contribution in [0.15, 0.2) is 122 Å². The maximum Gasteiger partial charge on any atom is 0.337 e. The zero-order valence-electron chi connectivity index (χ0n) is 27.6. The van der Waals surface area contributed by atoms with Crippen molar-refractivity contribution < 1.29 is 14.3 Å². The molecular weight excluding hydrogens is 697 g/mol. The summed E-state index contributed by atoms with van der Waals surface area (Å²) in [5.74, 6) is 0.822. The van der Waals surface area contributed by atoms with Crippen molar-refractivity contribution in [1.29, 1.82) is 0 Å². The van der Waals surface area contributed by atoms with Gasteiger partial charge in [-0.2, -0.15) is 0 Å². The van der Waals surface area contributed by atoms with Gasteiger partial charge in [-0.3, -0.25) is 14.8 Å². The number of anilines is 4. The molecule has 0 aliphatic rings. The second-order valence-corrected chi connectivity index (χ2v) is 12.5. The van der Waals surface area contributed by atoms with E-state index in [2.05, 4.69) is 20.6 Å². The van der Waals surface area contributed by atoms with Gasteiger partial charge in [0.15, 0.2) is 5.78 Å². The molecule has 0 fully saturated rings. The van der Waals surface area contributed by atoms with E-state index in [-0.39, 0.29) is 12.3 Å². The van der Waals surface area contributed by atoms with Gasteiger partial charge in [0.05, 0.1) is 30.3 Å². The predicted octanol–water partition coefficient (Wildman–Crippen LogP) is 9.29. The fourth-order valence-corrected chi connectivity index (χ4v) is 6.21. The molecular formula is C40H29Cl2N7O3. The number of ether oxygens (including phenoxy) is 1. The number of carbonyl (C=O) groups excluding carboxylic acids is 2. The Morgan fingerprint density at radius 1 is 0.635 bits per heavy atom. The summed E-state index contributed by atoms with van der Waals surface area (Å²) in [5.41, 5.74) is 9.51. The first-order valence-electron chi connectivity index (χ1n) is 16.0. The third-order valence-corrected chi connectivity index (χ3v) is 8.77. The first-order chi connectivity index (χ1) is 25.3. The number of benzene rings is 4. The summed E-state index contributed by atoms with van der Waals surface area (Å²) < 4.78 is 4.80. The van der Waals surface area contributed by atoms with Crippen LogP contribution in [0.25, 0.3) is 43.4 Å². The molecule has 0 unspecified atom stereocenters. The van der Waals surface area contributed by atoms with Gasteiger partial charge in [-0.25, -0.2) is 14.8 Å². The lowest BCUT2D eigenvalue weighted by atomic mass is 10.0. The molecule has 0 amide bonds. The Labute approximate surface area is 307 Å². The van der Waals surface area contributed by atoms with E-state index in [1.54, 1.807) is 49.1 Å². The monoisotopic (exact) mass is 725 g/mol. The van der Waals surface area contributed by atoms with Gasteiger partial charge in [0.1, 0.15) is 11.6 Å². The van der Waals surface area contributed by atoms with E-state index in [0.717, 1.165) is 43.7 Å². The Bertz CT molecular complexity index is 2470. The molecule has 0 bridgehead atoms. The molecule has 0 aliphatic heterocycles. The van der Waals surface area contributed by atoms with Crippen LogP contribution in [0.1, 0.15) is 20.7 Å². The van der Waals surface area contributed by atoms with Gasteiger partial charge in [-0.1, -0.05) is 53.5 Å². The van der Waals surface area contributed by atoms with E-state index in [1.165, 1.54) is 7.11 Å². The molecule has 4 N–H and O–H groups in total. The third-order valence-electron chi connectivity index (χ3n) is 8.30. The molecule has 256 valence electrons. The maximum absolute atomic E-state index is 11.9. The van der Waals surface area contributed by atoms with Crippen LogP contribution in [0.3, 0.4) is 0 Å². The number of aromatic nitrogens is 4. The van der Waals surface area contributed by atoms with Gasteiger partial charge in [0.2, 0.25) is 0 Å². The number of hydrogen-bond acceptors (Lipinski definition) is 10. The van der Waals surface area contributed by atoms with Gasteiger partial charge >= 0.3 is 5.97 Å². The topological polar surface area (TPSA) is 145 Å². The van der Waals surface area contributed by atoms with Crippen molar-refractivity contribution in [3.63, 3.8) is 0 Å². The number of halogens is 2. The van der Waals surface area contributed by atoms with Crippen LogP contribution in [-0.4, -0.2) is 45.3 Å². The molecule has 10 nitrogen and oxygen atoms in total. The number of nitrogens with two attached hydrogens (primary N) is 1. The Hall–Kier alpha value is -6.20. The molecule has 0 spiro atoms. The summed E-state index contributed by atoms with van der Waals surface area (Å²) in [5, 5.41) is 13.5. The standard InChI is InChI=1S/C20H15ClN4O.C20H14ClN3O2/c21-13-2-1-3-14(9-13)24-20-16-6-7-23-11-17(16)15-5-4-12(19(26)10-22)8-18(15)25-20;1-26-20(25)12-5-6-15-17-11-22-8-7-16(17)19(24-18(15)9-12)23-14-4-2-3-13(21)10-14/h1-9,11H,10,22H2,(H,24,25);2-11H,1H3,(H,23,24). The Kier molecular flexibility index (Phi) is 9.85. The molecule has 0 atom stereocenters. The number of rotatable bonds is 7. The van der Waals surface area contributed by atoms with E-state index in [0.29, 0.717) is 43.8 Å². The maximum atomic E-state index is 11.9. The number of nitrogens with zero attached hydrogens (tertiary/aromatic N) is 4. The summed E-state index contributed by atoms with van der Waals surface area (Å²) in [6.45, 7) is -0.0335. The summed E-state index contributed by atoms with van der Waals surface area (Å²) in [6.07, 6.45) is 7.04. The van der Waals surface area contributed by atoms with E-state index in [9.17, 15) is 9.59 Å². The van der Waals surface area contributed by atoms with Crippen molar-refractivity contribution in [2.24, 2.45) is 5.73 Å². The number of esters is 1. The fraction of sp³-hybridized carbons (Fsp3) is 0.0500. The van der Waals surface area contributed by atoms with E-state index >= 15 is 0 Å². The minimum absolute atomic E-state index is 0.0335. The van der Waals surface area contributed by atoms with E-state index in [4.69, 9.17) is 43.6 Å². The molecule has 0 saturated carbocycles. The highest BCUT2D eigenvalue weighted by Gasteiger charge is 2.14. The number of fused-ring (bicyclic) bond motifs is 6. The second kappa shape index (κ2) is 15.0. The average Bonchev–Trinajstić information content (AvgIpc) is 3.17. The summed E-state index contributed by atoms with van der Waals surface area (Å²) in [6, 6.07) is 29.4. The first-order valence-corrected chi connectivity index (χ1v) is 16.8. The van der Waals surface area contributed by atoms with Gasteiger partial charge in [0.25, 0.3) is 0 Å². The number of carbonyl (C=O) groups is 2. The summed E-state index contributed by atoms with van der Waals surface area (Å²) in [7, 11) is 1.36. The molecule has 52 heavy (non-hydrogen) atoms. The van der Waals surface area contributed by atoms with E-state index in [1.807, 2.05) is 72.8 Å². The smallest absolute Gasteiger partial charge is 0.337 e. The van der Waals surface area contributed by atoms with Crippen molar-refractivity contribution in [3.8, 4) is 0 Å². The zero-order chi connectivity index (χ0) is 36.2. The van der Waals surface area contributed by atoms with E-state index < -0.39 is 5.97 Å². The molecule has 4 aromatic heterocycles. The van der Waals surface area contributed by atoms with Crippen molar-refractivity contribution in [3.05, 3.63) is 143 Å². The predicted molar refractivity (Wildman–Crippen MR) is 208 cm³/mol. The van der Waals surface area contributed by atoms with Crippen molar-refractivity contribution >= 4 is 101 Å². The zero-order valence-corrected chi connectivity index (χ0v) is 29.1. The Morgan fingerprint density at radius 3 is 1.62 bits per heavy atom. The third kappa shape index (κ3) is 7.17. The van der Waals surface area contributed by atoms with Crippen LogP contribution >= 0.6 is 23.2 Å². The highest BCUT2D eigenvalue weighted by molar-refractivity contribution is 6.31. The van der Waals surface area contributed by atoms with Crippen molar-refractivity contribution in [2.45, 2.75) is 0 Å². The van der Waals surface area contributed by atoms with Crippen LogP contribution in [-0.2, 0) is 4.74 Å². The average molecular weight is 727 g/mol. The number of Topliss-reactive ketones (excluding diaryl/α,β-unsaturated/α-hetero) is 1. The number of methoxy groups -OCH3 is 1. The fourth-order valence-electron chi connectivity index (χ4n) is 5.83. The first kappa shape index (κ1) is 34.3. The highest BCUT2D eigenvalue weighted by Crippen LogP contribution is 2.33. The largest absolute Gasteiger partial charge is 0.465 e. The molecule has 4 heterocycles. The second-order valence-electron chi connectivity index (χ2n) is 11.6. The van der Waals surface area contributed by atoms with Gasteiger partial charge in [-0.05, 0) is 66.7 Å². The quantitative estimate of drug-likeness (QED) is 0.0825. The minimum Gasteiger partial charge on any atom is -0.465 e. The number of nitrogens with one attached hydrogen (secondary N) is 2. The van der Waals surface area contributed by atoms with Crippen LogP contribution in [0.5, 0.6) is 0 Å². The molecule has 12 heteroatoms. The van der Waals surface area contributed by atoms with Crippen molar-refractivity contribution in [1.82, 2.24) is 19.9 Å². The molecule has 4 aromatic carbocycles. The van der Waals surface area contributed by atoms with Crippen molar-refractivity contribution in [2.75, 3.05) is 24.3 Å². The summed E-state index contributed by atoms with van der Waals surface area (Å²) >= 11 is 12.2. The van der Waals surface area contributed by atoms with Gasteiger partial charge < -0.3 is 21.1 Å². The Balaban J connectivity index is 0.000000162. The SMILES string of the molecule is COC(=O)c1ccc2c(c1)nc(Nc1cccc(Cl)c1)c1ccncc12.NCC(=O)c1ccc2c(c1)nc(Nc1cccc(Cl)c1)c1ccncc12. The van der Waals surface area contributed by atoms with Crippen LogP contribution in [0, 0.1) is 0 Å². The molecule has 0 aliphatic carbocycles. The molecule has 0 saturated heterocycles. The highest BCUT2D eigenvalue weighted by atomic mass is 35.5. The number of hydrogen-bond donors (Lipinski definition) is 3. The van der Waals surface area contributed by atoms with Gasteiger partial charge in [0, 0.05) is 84.1 Å². The molecule has 0 radical (unpaired) electrons. The lowest BCUT2D eigenvalue weighted by molar-refractivity contribution is 0.0600. The minimum atomic E-state index is -0.399. The molecule has 8 aromatic rings. The van der Waals surface area contributed by atoms with Crippen LogP contribution < -0.4 is 16.4 Å². The normalized spacial score (nSPS) is 10.9. The van der Waals surface area contributed by atoms with Crippen LogP contribution in [0.2, 0.25) is 10.0 Å². The number of pyridine rings is 4. The number of ketones is 1.